The highest BCUT2D eigenvalue weighted by Crippen LogP contribution is 2.42. The molecule has 0 rings (SSSR count). The molecular formula is C6H12F3O4P. The van der Waals surface area contributed by atoms with Gasteiger partial charge in [0.15, 0.2) is 0 Å². The van der Waals surface area contributed by atoms with Gasteiger partial charge in [-0.15, -0.1) is 0 Å². The molecule has 1 N–H and O–H groups in total. The standard InChI is InChI=1S/C6H12F3O4P/c1-3-5(12-4-2,6(7,8)9)13-14(10)11/h14H,3-4H2,1-2H3,(H,10,11). The Hall–Kier alpha value is -0.100. The molecule has 0 aromatic rings. The third-order valence-corrected chi connectivity index (χ3v) is 2.03. The van der Waals surface area contributed by atoms with E-state index < -0.39 is 26.6 Å². The molecule has 0 aromatic carbocycles. The highest BCUT2D eigenvalue weighted by molar-refractivity contribution is 7.32. The van der Waals surface area contributed by atoms with Crippen LogP contribution in [0.1, 0.15) is 20.3 Å². The van der Waals surface area contributed by atoms with E-state index >= 15 is 0 Å². The summed E-state index contributed by atoms with van der Waals surface area (Å²) in [6.45, 7) is 2.24. The van der Waals surface area contributed by atoms with E-state index in [0.29, 0.717) is 0 Å². The van der Waals surface area contributed by atoms with Crippen LogP contribution in [-0.2, 0) is 13.8 Å². The summed E-state index contributed by atoms with van der Waals surface area (Å²) in [4.78, 5) is 8.35. The molecule has 2 unspecified atom stereocenters. The fourth-order valence-corrected chi connectivity index (χ4v) is 1.52. The van der Waals surface area contributed by atoms with Crippen LogP contribution in [0.3, 0.4) is 0 Å². The van der Waals surface area contributed by atoms with E-state index in [4.69, 9.17) is 4.89 Å². The van der Waals surface area contributed by atoms with E-state index in [1.54, 1.807) is 0 Å². The van der Waals surface area contributed by atoms with Crippen molar-refractivity contribution in [3.05, 3.63) is 0 Å². The fraction of sp³-hybridized carbons (Fsp3) is 1.00. The van der Waals surface area contributed by atoms with E-state index in [1.807, 2.05) is 0 Å². The molecule has 14 heavy (non-hydrogen) atoms. The zero-order valence-corrected chi connectivity index (χ0v) is 8.72. The third-order valence-electron chi connectivity index (χ3n) is 1.53. The Morgan fingerprint density at radius 1 is 1.36 bits per heavy atom. The summed E-state index contributed by atoms with van der Waals surface area (Å²) in [5, 5.41) is 0. The van der Waals surface area contributed by atoms with Gasteiger partial charge in [0.1, 0.15) is 0 Å². The first kappa shape index (κ1) is 13.9. The van der Waals surface area contributed by atoms with Crippen molar-refractivity contribution in [2.24, 2.45) is 0 Å². The number of rotatable bonds is 5. The monoisotopic (exact) mass is 236 g/mol. The second kappa shape index (κ2) is 5.11. The Kier molecular flexibility index (Phi) is 5.08. The molecule has 0 radical (unpaired) electrons. The van der Waals surface area contributed by atoms with E-state index in [0.717, 1.165) is 6.92 Å². The van der Waals surface area contributed by atoms with Crippen LogP contribution in [0.4, 0.5) is 13.2 Å². The predicted octanol–water partition coefficient (Wildman–Crippen LogP) is 2.09. The van der Waals surface area contributed by atoms with Crippen LogP contribution >= 0.6 is 8.25 Å². The number of ether oxygens (including phenoxy) is 1. The minimum absolute atomic E-state index is 0.261. The van der Waals surface area contributed by atoms with Gasteiger partial charge in [-0.1, -0.05) is 6.92 Å². The first-order chi connectivity index (χ1) is 6.29. The minimum Gasteiger partial charge on any atom is -0.343 e. The van der Waals surface area contributed by atoms with Crippen molar-refractivity contribution in [1.82, 2.24) is 0 Å². The van der Waals surface area contributed by atoms with Crippen LogP contribution in [0.5, 0.6) is 0 Å². The van der Waals surface area contributed by atoms with Gasteiger partial charge in [0.2, 0.25) is 0 Å². The Morgan fingerprint density at radius 2 is 1.86 bits per heavy atom. The van der Waals surface area contributed by atoms with Crippen LogP contribution in [0.2, 0.25) is 0 Å². The van der Waals surface area contributed by atoms with Gasteiger partial charge in [-0.3, -0.25) is 9.09 Å². The zero-order chi connectivity index (χ0) is 11.4. The molecule has 4 nitrogen and oxygen atoms in total. The third kappa shape index (κ3) is 3.24. The molecule has 0 saturated carbocycles. The molecule has 8 heteroatoms. The quantitative estimate of drug-likeness (QED) is 0.586. The van der Waals surface area contributed by atoms with E-state index in [1.165, 1.54) is 6.92 Å². The molecule has 0 fully saturated rings. The summed E-state index contributed by atoms with van der Waals surface area (Å²) in [7, 11) is -3.70. The maximum absolute atomic E-state index is 12.4. The van der Waals surface area contributed by atoms with Crippen molar-refractivity contribution >= 4 is 8.25 Å². The molecule has 0 aromatic heterocycles. The molecule has 0 saturated heterocycles. The molecule has 0 aliphatic rings. The van der Waals surface area contributed by atoms with Gasteiger partial charge in [0.05, 0.1) is 0 Å². The second-order valence-corrected chi connectivity index (χ2v) is 3.14. The van der Waals surface area contributed by atoms with E-state index in [9.17, 15) is 17.7 Å². The summed E-state index contributed by atoms with van der Waals surface area (Å²) < 4.78 is 55.9. The normalized spacial score (nSPS) is 19.0. The molecule has 0 aliphatic carbocycles. The smallest absolute Gasteiger partial charge is 0.343 e. The van der Waals surface area contributed by atoms with Crippen molar-refractivity contribution in [3.8, 4) is 0 Å². The van der Waals surface area contributed by atoms with Gasteiger partial charge in [-0.2, -0.15) is 13.2 Å². The molecule has 0 spiro atoms. The first-order valence-corrected chi connectivity index (χ1v) is 5.18. The Balaban J connectivity index is 4.87. The number of hydrogen-bond donors (Lipinski definition) is 1. The Bertz CT molecular complexity index is 208. The molecule has 0 heterocycles. The topological polar surface area (TPSA) is 55.8 Å². The van der Waals surface area contributed by atoms with Crippen molar-refractivity contribution in [1.29, 1.82) is 0 Å². The van der Waals surface area contributed by atoms with E-state index in [-0.39, 0.29) is 6.61 Å². The summed E-state index contributed by atoms with van der Waals surface area (Å²) >= 11 is 0. The maximum Gasteiger partial charge on any atom is 0.443 e. The van der Waals surface area contributed by atoms with Crippen LogP contribution in [0.25, 0.3) is 0 Å². The summed E-state index contributed by atoms with van der Waals surface area (Å²) in [5.74, 6) is -2.97. The number of halogens is 3. The molecule has 0 amide bonds. The maximum atomic E-state index is 12.4. The van der Waals surface area contributed by atoms with Crippen molar-refractivity contribution in [2.45, 2.75) is 32.2 Å². The molecule has 86 valence electrons. The molecular weight excluding hydrogens is 224 g/mol. The molecule has 0 aliphatic heterocycles. The molecule has 0 bridgehead atoms. The fourth-order valence-electron chi connectivity index (χ4n) is 0.918. The van der Waals surface area contributed by atoms with Crippen molar-refractivity contribution in [2.75, 3.05) is 6.61 Å². The van der Waals surface area contributed by atoms with Crippen molar-refractivity contribution < 1.29 is 31.9 Å². The van der Waals surface area contributed by atoms with Gasteiger partial charge >= 0.3 is 14.4 Å². The van der Waals surface area contributed by atoms with Gasteiger partial charge in [0.25, 0.3) is 5.79 Å². The number of alkyl halides is 3. The van der Waals surface area contributed by atoms with Crippen molar-refractivity contribution in [3.63, 3.8) is 0 Å². The highest BCUT2D eigenvalue weighted by atomic mass is 31.1. The Morgan fingerprint density at radius 3 is 2.07 bits per heavy atom. The predicted molar refractivity (Wildman–Crippen MR) is 43.0 cm³/mol. The molecule has 2 atom stereocenters. The number of hydrogen-bond acceptors (Lipinski definition) is 3. The van der Waals surface area contributed by atoms with Gasteiger partial charge in [-0.05, 0) is 6.92 Å². The largest absolute Gasteiger partial charge is 0.443 e. The van der Waals surface area contributed by atoms with E-state index in [2.05, 4.69) is 9.26 Å². The lowest BCUT2D eigenvalue weighted by Crippen LogP contribution is -2.48. The minimum atomic E-state index is -4.83. The van der Waals surface area contributed by atoms with Crippen LogP contribution in [-0.4, -0.2) is 23.5 Å². The average molecular weight is 236 g/mol. The zero-order valence-electron chi connectivity index (χ0n) is 7.72. The Labute approximate surface area is 80.0 Å². The summed E-state index contributed by atoms with van der Waals surface area (Å²) in [6, 6.07) is 0. The summed E-state index contributed by atoms with van der Waals surface area (Å²) in [5.41, 5.74) is 0. The average Bonchev–Trinajstić information content (AvgIpc) is 2.00. The van der Waals surface area contributed by atoms with Gasteiger partial charge in [-0.25, -0.2) is 0 Å². The second-order valence-electron chi connectivity index (χ2n) is 2.41. The van der Waals surface area contributed by atoms with Crippen LogP contribution < -0.4 is 0 Å². The highest BCUT2D eigenvalue weighted by Gasteiger charge is 2.57. The van der Waals surface area contributed by atoms with Gasteiger partial charge in [0, 0.05) is 13.0 Å². The van der Waals surface area contributed by atoms with Gasteiger partial charge < -0.3 is 9.63 Å². The lowest BCUT2D eigenvalue weighted by Gasteiger charge is -2.32. The summed E-state index contributed by atoms with van der Waals surface area (Å²) in [6.07, 6.45) is -5.41. The van der Waals surface area contributed by atoms with Crippen LogP contribution in [0, 0.1) is 0 Å². The lowest BCUT2D eigenvalue weighted by atomic mass is 10.2. The first-order valence-electron chi connectivity index (χ1n) is 3.91. The SMILES string of the molecule is CCOC(CC)(O[PH](=O)O)C(F)(F)F. The lowest BCUT2D eigenvalue weighted by molar-refractivity contribution is -0.352. The van der Waals surface area contributed by atoms with Crippen LogP contribution in [0.15, 0.2) is 0 Å².